The molecule has 0 fully saturated rings. The van der Waals surface area contributed by atoms with Crippen molar-refractivity contribution in [3.05, 3.63) is 29.6 Å². The minimum absolute atomic E-state index is 0.0546. The van der Waals surface area contributed by atoms with Gasteiger partial charge in [0.2, 0.25) is 0 Å². The second-order valence-corrected chi connectivity index (χ2v) is 4.08. The van der Waals surface area contributed by atoms with Crippen molar-refractivity contribution >= 4 is 12.0 Å². The quantitative estimate of drug-likeness (QED) is 0.755. The van der Waals surface area contributed by atoms with E-state index in [-0.39, 0.29) is 13.1 Å². The summed E-state index contributed by atoms with van der Waals surface area (Å²) in [4.78, 5) is 27.8. The highest BCUT2D eigenvalue weighted by Crippen LogP contribution is 2.05. The summed E-state index contributed by atoms with van der Waals surface area (Å²) in [7, 11) is 0. The van der Waals surface area contributed by atoms with Gasteiger partial charge in [0.05, 0.1) is 18.8 Å². The van der Waals surface area contributed by atoms with E-state index in [4.69, 9.17) is 11.5 Å². The molecular weight excluding hydrogens is 258 g/mol. The zero-order valence-electron chi connectivity index (χ0n) is 11.3. The lowest BCUT2D eigenvalue weighted by molar-refractivity contribution is -0.137. The maximum absolute atomic E-state index is 11.9. The van der Waals surface area contributed by atoms with Gasteiger partial charge in [-0.3, -0.25) is 9.78 Å². The number of aromatic nitrogens is 1. The molecule has 1 aromatic rings. The second kappa shape index (κ2) is 7.79. The summed E-state index contributed by atoms with van der Waals surface area (Å²) >= 11 is 0. The van der Waals surface area contributed by atoms with E-state index in [0.29, 0.717) is 0 Å². The highest BCUT2D eigenvalue weighted by Gasteiger charge is 2.15. The topological polar surface area (TPSA) is 82.5 Å². The summed E-state index contributed by atoms with van der Waals surface area (Å²) in [5.41, 5.74) is 1.80. The van der Waals surface area contributed by atoms with Gasteiger partial charge in [0, 0.05) is 6.20 Å². The average Bonchev–Trinajstić information content (AvgIpc) is 2.44. The lowest BCUT2D eigenvalue weighted by Crippen LogP contribution is -2.42. The van der Waals surface area contributed by atoms with Crippen molar-refractivity contribution in [1.29, 1.82) is 0 Å². The van der Waals surface area contributed by atoms with E-state index in [2.05, 4.69) is 16.2 Å². The van der Waals surface area contributed by atoms with Crippen LogP contribution in [-0.4, -0.2) is 40.1 Å². The molecule has 1 rings (SSSR count). The van der Waals surface area contributed by atoms with Crippen LogP contribution >= 0.6 is 0 Å². The van der Waals surface area contributed by atoms with Crippen LogP contribution in [0, 0.1) is 12.3 Å². The van der Waals surface area contributed by atoms with E-state index in [0.717, 1.165) is 22.6 Å². The van der Waals surface area contributed by atoms with Crippen molar-refractivity contribution in [3.63, 3.8) is 0 Å². The van der Waals surface area contributed by atoms with Gasteiger partial charge in [0.1, 0.15) is 6.54 Å². The Hall–Kier alpha value is -2.55. The number of carboxylic acids is 1. The van der Waals surface area contributed by atoms with Crippen LogP contribution in [0.25, 0.3) is 0 Å². The first-order valence-corrected chi connectivity index (χ1v) is 6.19. The first kappa shape index (κ1) is 15.5. The molecule has 6 heteroatoms. The third-order valence-corrected chi connectivity index (χ3v) is 2.67. The van der Waals surface area contributed by atoms with Crippen LogP contribution < -0.4 is 5.32 Å². The van der Waals surface area contributed by atoms with E-state index in [1.165, 1.54) is 0 Å². The monoisotopic (exact) mass is 275 g/mol. The third-order valence-electron chi connectivity index (χ3n) is 2.67. The predicted molar refractivity (Wildman–Crippen MR) is 73.9 cm³/mol. The number of hydrogen-bond donors (Lipinski definition) is 2. The van der Waals surface area contributed by atoms with Gasteiger partial charge in [0.15, 0.2) is 0 Å². The van der Waals surface area contributed by atoms with E-state index in [1.54, 1.807) is 6.20 Å². The molecule has 0 unspecified atom stereocenters. The lowest BCUT2D eigenvalue weighted by Gasteiger charge is -2.18. The molecule has 0 saturated carbocycles. The molecule has 2 N–H and O–H groups in total. The van der Waals surface area contributed by atoms with Gasteiger partial charge in [0.25, 0.3) is 0 Å². The number of nitrogens with zero attached hydrogens (tertiary/aromatic N) is 2. The standard InChI is InChI=1S/C14H17N3O3/c1-3-8-17(10-13(18)19)14(20)16-9-12-11(4-2)6-5-7-15-12/h1,5-7H,4,8-10H2,2H3,(H,16,20)(H,18,19). The molecule has 0 aromatic carbocycles. The normalized spacial score (nSPS) is 9.60. The van der Waals surface area contributed by atoms with Crippen LogP contribution in [0.3, 0.4) is 0 Å². The summed E-state index contributed by atoms with van der Waals surface area (Å²) in [6, 6.07) is 3.25. The maximum Gasteiger partial charge on any atom is 0.323 e. The van der Waals surface area contributed by atoms with Gasteiger partial charge in [-0.25, -0.2) is 4.79 Å². The highest BCUT2D eigenvalue weighted by molar-refractivity contribution is 5.80. The number of aryl methyl sites for hydroxylation is 1. The second-order valence-electron chi connectivity index (χ2n) is 4.08. The van der Waals surface area contributed by atoms with E-state index in [1.807, 2.05) is 19.1 Å². The molecule has 106 valence electrons. The average molecular weight is 275 g/mol. The highest BCUT2D eigenvalue weighted by atomic mass is 16.4. The Labute approximate surface area is 117 Å². The zero-order valence-corrected chi connectivity index (χ0v) is 11.3. The number of rotatable bonds is 6. The molecule has 2 amide bonds. The number of pyridine rings is 1. The number of carbonyl (C=O) groups excluding carboxylic acids is 1. The van der Waals surface area contributed by atoms with Gasteiger partial charge < -0.3 is 15.3 Å². The number of hydrogen-bond acceptors (Lipinski definition) is 3. The first-order chi connectivity index (χ1) is 9.58. The largest absolute Gasteiger partial charge is 0.480 e. The fourth-order valence-electron chi connectivity index (χ4n) is 1.70. The van der Waals surface area contributed by atoms with Crippen LogP contribution in [0.4, 0.5) is 4.79 Å². The Morgan fingerprint density at radius 2 is 2.30 bits per heavy atom. The fourth-order valence-corrected chi connectivity index (χ4v) is 1.70. The van der Waals surface area contributed by atoms with Gasteiger partial charge in [-0.2, -0.15) is 0 Å². The molecule has 1 heterocycles. The van der Waals surface area contributed by atoms with Crippen molar-refractivity contribution in [1.82, 2.24) is 15.2 Å². The number of terminal acetylenes is 1. The molecule has 0 aliphatic carbocycles. The Morgan fingerprint density at radius 1 is 1.55 bits per heavy atom. The van der Waals surface area contributed by atoms with E-state index in [9.17, 15) is 9.59 Å². The number of nitrogens with one attached hydrogen (secondary N) is 1. The van der Waals surface area contributed by atoms with Crippen molar-refractivity contribution in [2.24, 2.45) is 0 Å². The molecule has 0 spiro atoms. The number of urea groups is 1. The number of amides is 2. The molecular formula is C14H17N3O3. The first-order valence-electron chi connectivity index (χ1n) is 6.19. The van der Waals surface area contributed by atoms with Gasteiger partial charge >= 0.3 is 12.0 Å². The Morgan fingerprint density at radius 3 is 2.90 bits per heavy atom. The van der Waals surface area contributed by atoms with Crippen LogP contribution in [0.1, 0.15) is 18.2 Å². The smallest absolute Gasteiger partial charge is 0.323 e. The van der Waals surface area contributed by atoms with Crippen molar-refractivity contribution in [2.45, 2.75) is 19.9 Å². The maximum atomic E-state index is 11.9. The molecule has 0 atom stereocenters. The summed E-state index contributed by atoms with van der Waals surface area (Å²) < 4.78 is 0. The summed E-state index contributed by atoms with van der Waals surface area (Å²) in [6.07, 6.45) is 7.58. The van der Waals surface area contributed by atoms with Crippen molar-refractivity contribution in [2.75, 3.05) is 13.1 Å². The van der Waals surface area contributed by atoms with Crippen molar-refractivity contribution < 1.29 is 14.7 Å². The lowest BCUT2D eigenvalue weighted by atomic mass is 10.1. The summed E-state index contributed by atoms with van der Waals surface area (Å²) in [6.45, 7) is 1.75. The molecule has 0 saturated heterocycles. The van der Waals surface area contributed by atoms with Crippen LogP contribution in [0.2, 0.25) is 0 Å². The SMILES string of the molecule is C#CCN(CC(=O)O)C(=O)NCc1ncccc1CC. The summed E-state index contributed by atoms with van der Waals surface area (Å²) in [5, 5.41) is 11.4. The third kappa shape index (κ3) is 4.61. The minimum Gasteiger partial charge on any atom is -0.480 e. The molecule has 0 bridgehead atoms. The van der Waals surface area contributed by atoms with Gasteiger partial charge in [-0.15, -0.1) is 6.42 Å². The molecule has 0 radical (unpaired) electrons. The molecule has 0 aliphatic rings. The van der Waals surface area contributed by atoms with Crippen LogP contribution in [0.5, 0.6) is 0 Å². The summed E-state index contributed by atoms with van der Waals surface area (Å²) in [5.74, 6) is 1.15. The predicted octanol–water partition coefficient (Wildman–Crippen LogP) is 0.873. The number of aliphatic carboxylic acids is 1. The number of carbonyl (C=O) groups is 2. The molecule has 6 nitrogen and oxygen atoms in total. The molecule has 0 aliphatic heterocycles. The van der Waals surface area contributed by atoms with Gasteiger partial charge in [-0.05, 0) is 18.1 Å². The van der Waals surface area contributed by atoms with Crippen molar-refractivity contribution in [3.8, 4) is 12.3 Å². The zero-order chi connectivity index (χ0) is 15.0. The number of carboxylic acid groups (broad SMARTS) is 1. The Kier molecular flexibility index (Phi) is 6.04. The van der Waals surface area contributed by atoms with Crippen LogP contribution in [-0.2, 0) is 17.8 Å². The van der Waals surface area contributed by atoms with Crippen LogP contribution in [0.15, 0.2) is 18.3 Å². The minimum atomic E-state index is -1.11. The van der Waals surface area contributed by atoms with E-state index < -0.39 is 18.5 Å². The van der Waals surface area contributed by atoms with Gasteiger partial charge in [-0.1, -0.05) is 18.9 Å². The Bertz CT molecular complexity index is 523. The van der Waals surface area contributed by atoms with E-state index >= 15 is 0 Å². The Balaban J connectivity index is 2.65. The molecule has 20 heavy (non-hydrogen) atoms. The fraction of sp³-hybridized carbons (Fsp3) is 0.357. The molecule has 1 aromatic heterocycles.